The molecule has 0 saturated heterocycles. The first-order valence-electron chi connectivity index (χ1n) is 12.3. The lowest BCUT2D eigenvalue weighted by molar-refractivity contribution is -0.140. The lowest BCUT2D eigenvalue weighted by Gasteiger charge is -2.21. The van der Waals surface area contributed by atoms with E-state index in [2.05, 4.69) is 9.97 Å². The van der Waals surface area contributed by atoms with Gasteiger partial charge in [0.1, 0.15) is 11.5 Å². The molecule has 39 heavy (non-hydrogen) atoms. The fraction of sp³-hybridized carbons (Fsp3) is 0.207. The van der Waals surface area contributed by atoms with E-state index >= 15 is 4.39 Å². The number of benzene rings is 2. The average molecular weight is 545 g/mol. The zero-order chi connectivity index (χ0) is 27.7. The van der Waals surface area contributed by atoms with E-state index < -0.39 is 22.9 Å². The van der Waals surface area contributed by atoms with Crippen LogP contribution in [0.2, 0.25) is 0 Å². The van der Waals surface area contributed by atoms with Crippen molar-refractivity contribution in [3.63, 3.8) is 0 Å². The van der Waals surface area contributed by atoms with Gasteiger partial charge in [0.05, 0.1) is 18.8 Å². The molecule has 5 rings (SSSR count). The number of hydrogen-bond acceptors (Lipinski definition) is 6. The maximum Gasteiger partial charge on any atom is 0.304 e. The van der Waals surface area contributed by atoms with Gasteiger partial charge in [-0.05, 0) is 23.6 Å². The van der Waals surface area contributed by atoms with Gasteiger partial charge in [0.2, 0.25) is 16.9 Å². The van der Waals surface area contributed by atoms with Crippen LogP contribution >= 0.6 is 11.3 Å². The first kappa shape index (κ1) is 26.2. The number of fused-ring (bicyclic) bond motifs is 1. The summed E-state index contributed by atoms with van der Waals surface area (Å²) in [7, 11) is 3.16. The largest absolute Gasteiger partial charge is 0.481 e. The predicted molar refractivity (Wildman–Crippen MR) is 147 cm³/mol. The molecule has 1 aliphatic rings. The second kappa shape index (κ2) is 10.7. The lowest BCUT2D eigenvalue weighted by Crippen LogP contribution is -2.35. The normalized spacial score (nSPS) is 13.3. The number of aromatic nitrogens is 2. The number of carboxylic acid groups (broad SMARTS) is 1. The number of carbonyl (C=O) groups excluding carboxylic acids is 2. The van der Waals surface area contributed by atoms with E-state index in [1.165, 1.54) is 16.8 Å². The third-order valence-corrected chi connectivity index (χ3v) is 7.68. The Hall–Kier alpha value is -4.44. The Morgan fingerprint density at radius 3 is 2.54 bits per heavy atom. The maximum atomic E-state index is 15.4. The van der Waals surface area contributed by atoms with Crippen LogP contribution in [0.25, 0.3) is 22.4 Å². The van der Waals surface area contributed by atoms with Crippen molar-refractivity contribution in [1.29, 1.82) is 0 Å². The van der Waals surface area contributed by atoms with Gasteiger partial charge >= 0.3 is 5.97 Å². The molecule has 4 aromatic rings. The molecule has 0 fully saturated rings. The number of aliphatic carboxylic acids is 1. The number of hydrogen-bond donors (Lipinski definition) is 1. The predicted octanol–water partition coefficient (Wildman–Crippen LogP) is 4.83. The number of pyridine rings is 1. The van der Waals surface area contributed by atoms with E-state index in [0.717, 1.165) is 28.0 Å². The van der Waals surface area contributed by atoms with Crippen LogP contribution in [0.4, 0.5) is 15.3 Å². The summed E-state index contributed by atoms with van der Waals surface area (Å²) in [4.78, 5) is 48.6. The van der Waals surface area contributed by atoms with Crippen molar-refractivity contribution >= 4 is 40.1 Å². The molecular formula is C29H25FN4O4S. The van der Waals surface area contributed by atoms with Gasteiger partial charge in [0, 0.05) is 37.0 Å². The molecule has 0 radical (unpaired) electrons. The minimum Gasteiger partial charge on any atom is -0.481 e. The molecule has 0 spiro atoms. The molecule has 2 amide bonds. The third-order valence-electron chi connectivity index (χ3n) is 6.76. The molecule has 1 N–H and O–H groups in total. The monoisotopic (exact) mass is 544 g/mol. The van der Waals surface area contributed by atoms with Crippen molar-refractivity contribution in [3.05, 3.63) is 83.1 Å². The van der Waals surface area contributed by atoms with Gasteiger partial charge in [-0.3, -0.25) is 24.2 Å². The van der Waals surface area contributed by atoms with Crippen molar-refractivity contribution in [2.24, 2.45) is 5.92 Å². The van der Waals surface area contributed by atoms with Crippen LogP contribution in [-0.2, 0) is 27.2 Å². The smallest absolute Gasteiger partial charge is 0.304 e. The quantitative estimate of drug-likeness (QED) is 0.341. The van der Waals surface area contributed by atoms with Gasteiger partial charge in [0.15, 0.2) is 5.13 Å². The lowest BCUT2D eigenvalue weighted by atomic mass is 9.95. The fourth-order valence-electron chi connectivity index (χ4n) is 4.75. The average Bonchev–Trinajstić information content (AvgIpc) is 3.46. The van der Waals surface area contributed by atoms with Crippen molar-refractivity contribution in [1.82, 2.24) is 9.97 Å². The Bertz CT molecular complexity index is 1570. The molecule has 1 aliphatic heterocycles. The number of nitrogens with zero attached hydrogens (tertiary/aromatic N) is 4. The number of amides is 2. The zero-order valence-corrected chi connectivity index (χ0v) is 22.1. The van der Waals surface area contributed by atoms with Crippen LogP contribution < -0.4 is 9.80 Å². The summed E-state index contributed by atoms with van der Waals surface area (Å²) in [6, 6.07) is 18.2. The van der Waals surface area contributed by atoms with Gasteiger partial charge in [-0.2, -0.15) is 4.39 Å². The molecule has 3 heterocycles. The van der Waals surface area contributed by atoms with Crippen molar-refractivity contribution in [2.75, 3.05) is 23.9 Å². The van der Waals surface area contributed by atoms with Crippen LogP contribution in [0.1, 0.15) is 17.5 Å². The number of carbonyl (C=O) groups is 3. The van der Waals surface area contributed by atoms with E-state index in [-0.39, 0.29) is 36.0 Å². The van der Waals surface area contributed by atoms with E-state index in [1.54, 1.807) is 25.4 Å². The molecule has 0 unspecified atom stereocenters. The van der Waals surface area contributed by atoms with Crippen molar-refractivity contribution in [3.8, 4) is 22.4 Å². The highest BCUT2D eigenvalue weighted by molar-refractivity contribution is 7.14. The minimum atomic E-state index is -1.09. The van der Waals surface area contributed by atoms with Crippen LogP contribution in [0.5, 0.6) is 0 Å². The molecule has 10 heteroatoms. The molecule has 1 atom stereocenters. The van der Waals surface area contributed by atoms with Gasteiger partial charge in [-0.1, -0.05) is 65.9 Å². The molecule has 2 aromatic heterocycles. The van der Waals surface area contributed by atoms with E-state index in [1.807, 2.05) is 48.5 Å². The van der Waals surface area contributed by atoms with Gasteiger partial charge in [-0.25, -0.2) is 9.97 Å². The number of thiazole rings is 1. The minimum absolute atomic E-state index is 0.0423. The standard InChI is InChI=1S/C29H25FN4O4S/c1-33-23(35)14-18-13-20(16-31-27(18)33)21-10-6-7-11-22(21)25-26(30)39-29(32-25)34(2)28(38)19(15-24(36)37)12-17-8-4-3-5-9-17/h3-11,13,16,19H,12,14-15H2,1-2H3,(H,36,37)/t19-/m1/s1. The topological polar surface area (TPSA) is 104 Å². The fourth-order valence-corrected chi connectivity index (χ4v) is 5.52. The van der Waals surface area contributed by atoms with E-state index in [9.17, 15) is 19.5 Å². The van der Waals surface area contributed by atoms with Gasteiger partial charge < -0.3 is 5.11 Å². The number of halogens is 1. The summed E-state index contributed by atoms with van der Waals surface area (Å²) in [5, 5.41) is 8.98. The Kier molecular flexibility index (Phi) is 7.21. The molecule has 198 valence electrons. The molecule has 0 aliphatic carbocycles. The summed E-state index contributed by atoms with van der Waals surface area (Å²) in [6.45, 7) is 0. The number of carboxylic acids is 1. The van der Waals surface area contributed by atoms with Crippen molar-refractivity contribution < 1.29 is 23.9 Å². The molecule has 2 aromatic carbocycles. The Morgan fingerprint density at radius 1 is 1.13 bits per heavy atom. The maximum absolute atomic E-state index is 15.4. The van der Waals surface area contributed by atoms with E-state index in [4.69, 9.17) is 0 Å². The number of rotatable bonds is 8. The molecule has 0 bridgehead atoms. The highest BCUT2D eigenvalue weighted by Gasteiger charge is 2.29. The first-order valence-corrected chi connectivity index (χ1v) is 13.1. The summed E-state index contributed by atoms with van der Waals surface area (Å²) in [5.41, 5.74) is 3.63. The summed E-state index contributed by atoms with van der Waals surface area (Å²) < 4.78 is 15.4. The van der Waals surface area contributed by atoms with E-state index in [0.29, 0.717) is 16.9 Å². The number of anilines is 2. The highest BCUT2D eigenvalue weighted by atomic mass is 32.1. The van der Waals surface area contributed by atoms with Crippen molar-refractivity contribution in [2.45, 2.75) is 19.3 Å². The SMILES string of the molecule is CN(C(=O)[C@@H](CC(=O)O)Cc1ccccc1)c1nc(-c2ccccc2-c2cnc3c(c2)CC(=O)N3C)c(F)s1. The second-order valence-corrected chi connectivity index (χ2v) is 10.3. The van der Waals surface area contributed by atoms with Gasteiger partial charge in [-0.15, -0.1) is 0 Å². The number of likely N-dealkylation sites (N-methyl/N-ethyl adjacent to an activating group) is 1. The van der Waals surface area contributed by atoms with Crippen LogP contribution in [-0.4, -0.2) is 47.0 Å². The van der Waals surface area contributed by atoms with Crippen LogP contribution in [0.3, 0.4) is 0 Å². The summed E-state index contributed by atoms with van der Waals surface area (Å²) in [5.74, 6) is -1.81. The van der Waals surface area contributed by atoms with Crippen LogP contribution in [0, 0.1) is 11.0 Å². The summed E-state index contributed by atoms with van der Waals surface area (Å²) >= 11 is 0.726. The molecule has 8 nitrogen and oxygen atoms in total. The van der Waals surface area contributed by atoms with Crippen LogP contribution in [0.15, 0.2) is 66.9 Å². The highest BCUT2D eigenvalue weighted by Crippen LogP contribution is 2.39. The zero-order valence-electron chi connectivity index (χ0n) is 21.3. The molecular weight excluding hydrogens is 519 g/mol. The third kappa shape index (κ3) is 5.28. The Morgan fingerprint density at radius 2 is 1.82 bits per heavy atom. The summed E-state index contributed by atoms with van der Waals surface area (Å²) in [6.07, 6.45) is 1.78. The second-order valence-electron chi connectivity index (χ2n) is 9.38. The Balaban J connectivity index is 1.45. The first-order chi connectivity index (χ1) is 18.7. The molecule has 0 saturated carbocycles. The Labute approximate surface area is 228 Å². The van der Waals surface area contributed by atoms with Gasteiger partial charge in [0.25, 0.3) is 0 Å².